The van der Waals surface area contributed by atoms with E-state index in [0.29, 0.717) is 6.07 Å². The van der Waals surface area contributed by atoms with Gasteiger partial charge in [-0.05, 0) is 11.6 Å². The van der Waals surface area contributed by atoms with Gasteiger partial charge in [-0.2, -0.15) is 0 Å². The number of rotatable bonds is 5. The van der Waals surface area contributed by atoms with Gasteiger partial charge in [0.05, 0.1) is 13.0 Å². The second-order valence-electron chi connectivity index (χ2n) is 3.57. The SMILES string of the molecule is O=C(Cc1ccc(F)cc1F)NCC(O)C(=O)O. The summed E-state index contributed by atoms with van der Waals surface area (Å²) in [6.45, 7) is -0.475. The van der Waals surface area contributed by atoms with Crippen LogP contribution >= 0.6 is 0 Å². The highest BCUT2D eigenvalue weighted by Crippen LogP contribution is 2.09. The van der Waals surface area contributed by atoms with Crippen LogP contribution in [0.2, 0.25) is 0 Å². The summed E-state index contributed by atoms with van der Waals surface area (Å²) in [5.74, 6) is -3.74. The summed E-state index contributed by atoms with van der Waals surface area (Å²) in [7, 11) is 0. The third-order valence-electron chi connectivity index (χ3n) is 2.14. The van der Waals surface area contributed by atoms with Gasteiger partial charge in [0.15, 0.2) is 6.10 Å². The second-order valence-corrected chi connectivity index (χ2v) is 3.57. The van der Waals surface area contributed by atoms with Gasteiger partial charge in [-0.15, -0.1) is 0 Å². The maximum atomic E-state index is 13.2. The maximum Gasteiger partial charge on any atom is 0.334 e. The molecule has 0 saturated heterocycles. The molecule has 0 aliphatic carbocycles. The topological polar surface area (TPSA) is 86.6 Å². The largest absolute Gasteiger partial charge is 0.479 e. The lowest BCUT2D eigenvalue weighted by molar-refractivity contribution is -0.146. The van der Waals surface area contributed by atoms with E-state index >= 15 is 0 Å². The Balaban J connectivity index is 2.52. The number of carbonyl (C=O) groups excluding carboxylic acids is 1. The Bertz CT molecular complexity index is 464. The number of nitrogens with one attached hydrogen (secondary N) is 1. The van der Waals surface area contributed by atoms with Crippen molar-refractivity contribution in [2.75, 3.05) is 6.54 Å². The van der Waals surface area contributed by atoms with Crippen LogP contribution in [0.3, 0.4) is 0 Å². The molecule has 0 aromatic heterocycles. The monoisotopic (exact) mass is 259 g/mol. The van der Waals surface area contributed by atoms with Crippen molar-refractivity contribution in [1.82, 2.24) is 5.32 Å². The molecule has 1 aromatic rings. The Morgan fingerprint density at radius 1 is 1.33 bits per heavy atom. The van der Waals surface area contributed by atoms with E-state index < -0.39 is 36.2 Å². The summed E-state index contributed by atoms with van der Waals surface area (Å²) in [4.78, 5) is 21.6. The van der Waals surface area contributed by atoms with E-state index in [1.165, 1.54) is 0 Å². The van der Waals surface area contributed by atoms with Gasteiger partial charge in [0.25, 0.3) is 0 Å². The van der Waals surface area contributed by atoms with Crippen LogP contribution in [-0.4, -0.2) is 34.7 Å². The number of carbonyl (C=O) groups is 2. The standard InChI is InChI=1S/C11H11F2NO4/c12-7-2-1-6(8(13)4-7)3-10(16)14-5-9(15)11(17)18/h1-2,4,9,15H,3,5H2,(H,14,16)(H,17,18). The number of benzene rings is 1. The third kappa shape index (κ3) is 4.10. The molecule has 0 bridgehead atoms. The number of aliphatic hydroxyl groups excluding tert-OH is 1. The molecule has 0 aliphatic rings. The molecule has 5 nitrogen and oxygen atoms in total. The van der Waals surface area contributed by atoms with Crippen LogP contribution in [0.15, 0.2) is 18.2 Å². The van der Waals surface area contributed by atoms with Crippen molar-refractivity contribution in [3.05, 3.63) is 35.4 Å². The highest BCUT2D eigenvalue weighted by atomic mass is 19.1. The van der Waals surface area contributed by atoms with E-state index in [2.05, 4.69) is 5.32 Å². The molecule has 1 unspecified atom stereocenters. The zero-order valence-corrected chi connectivity index (χ0v) is 9.19. The van der Waals surface area contributed by atoms with Gasteiger partial charge in [0.2, 0.25) is 5.91 Å². The predicted octanol–water partition coefficient (Wildman–Crippen LogP) is 0.0690. The van der Waals surface area contributed by atoms with Crippen molar-refractivity contribution in [3.63, 3.8) is 0 Å². The molecule has 1 atom stereocenters. The number of hydrogen-bond donors (Lipinski definition) is 3. The Labute approximate surface area is 101 Å². The molecule has 3 N–H and O–H groups in total. The van der Waals surface area contributed by atoms with Gasteiger partial charge in [0, 0.05) is 6.07 Å². The zero-order chi connectivity index (χ0) is 13.7. The Hall–Kier alpha value is -2.02. The van der Waals surface area contributed by atoms with Gasteiger partial charge in [0.1, 0.15) is 11.6 Å². The average Bonchev–Trinajstić information content (AvgIpc) is 2.29. The first-order valence-corrected chi connectivity index (χ1v) is 5.01. The van der Waals surface area contributed by atoms with Crippen LogP contribution in [0, 0.1) is 11.6 Å². The normalized spacial score (nSPS) is 11.9. The van der Waals surface area contributed by atoms with E-state index in [-0.39, 0.29) is 12.0 Å². The fourth-order valence-electron chi connectivity index (χ4n) is 1.20. The van der Waals surface area contributed by atoms with Crippen LogP contribution < -0.4 is 5.32 Å². The summed E-state index contributed by atoms with van der Waals surface area (Å²) < 4.78 is 25.8. The number of hydrogen-bond acceptors (Lipinski definition) is 3. The van der Waals surface area contributed by atoms with Gasteiger partial charge in [-0.25, -0.2) is 13.6 Å². The van der Waals surface area contributed by atoms with E-state index in [9.17, 15) is 18.4 Å². The fraction of sp³-hybridized carbons (Fsp3) is 0.273. The molecular formula is C11H11F2NO4. The van der Waals surface area contributed by atoms with Crippen molar-refractivity contribution >= 4 is 11.9 Å². The molecule has 98 valence electrons. The molecule has 0 fully saturated rings. The summed E-state index contributed by atoms with van der Waals surface area (Å²) in [6.07, 6.45) is -2.08. The smallest absolute Gasteiger partial charge is 0.334 e. The minimum Gasteiger partial charge on any atom is -0.479 e. The molecule has 0 heterocycles. The van der Waals surface area contributed by atoms with Gasteiger partial charge >= 0.3 is 5.97 Å². The Morgan fingerprint density at radius 2 is 2.00 bits per heavy atom. The highest BCUT2D eigenvalue weighted by molar-refractivity contribution is 5.80. The number of aliphatic carboxylic acids is 1. The molecule has 1 amide bonds. The van der Waals surface area contributed by atoms with Crippen molar-refractivity contribution in [2.24, 2.45) is 0 Å². The quantitative estimate of drug-likeness (QED) is 0.698. The lowest BCUT2D eigenvalue weighted by Gasteiger charge is -2.08. The van der Waals surface area contributed by atoms with Gasteiger partial charge < -0.3 is 15.5 Å². The third-order valence-corrected chi connectivity index (χ3v) is 2.14. The van der Waals surface area contributed by atoms with E-state index in [1.807, 2.05) is 0 Å². The molecule has 0 aliphatic heterocycles. The average molecular weight is 259 g/mol. The summed E-state index contributed by atoms with van der Waals surface area (Å²) >= 11 is 0. The van der Waals surface area contributed by atoms with Gasteiger partial charge in [-0.3, -0.25) is 4.79 Å². The minimum atomic E-state index is -1.72. The molecule has 1 rings (SSSR count). The summed E-state index contributed by atoms with van der Waals surface area (Å²) in [6, 6.07) is 2.78. The number of amides is 1. The lowest BCUT2D eigenvalue weighted by atomic mass is 10.1. The molecule has 18 heavy (non-hydrogen) atoms. The molecule has 0 radical (unpaired) electrons. The van der Waals surface area contributed by atoms with Gasteiger partial charge in [-0.1, -0.05) is 6.07 Å². The minimum absolute atomic E-state index is 0.0151. The van der Waals surface area contributed by atoms with Crippen LogP contribution in [-0.2, 0) is 16.0 Å². The predicted molar refractivity (Wildman–Crippen MR) is 56.7 cm³/mol. The van der Waals surface area contributed by atoms with E-state index in [4.69, 9.17) is 10.2 Å². The molecule has 0 saturated carbocycles. The van der Waals surface area contributed by atoms with Crippen LogP contribution in [0.4, 0.5) is 8.78 Å². The summed E-state index contributed by atoms with van der Waals surface area (Å²) in [5, 5.41) is 19.4. The van der Waals surface area contributed by atoms with Crippen LogP contribution in [0.5, 0.6) is 0 Å². The van der Waals surface area contributed by atoms with Crippen LogP contribution in [0.25, 0.3) is 0 Å². The number of halogens is 2. The summed E-state index contributed by atoms with van der Waals surface area (Å²) in [5.41, 5.74) is -0.0151. The van der Waals surface area contributed by atoms with Crippen molar-refractivity contribution in [2.45, 2.75) is 12.5 Å². The Kier molecular flexibility index (Phi) is 4.73. The second kappa shape index (κ2) is 6.06. The molecule has 7 heteroatoms. The van der Waals surface area contributed by atoms with Crippen LogP contribution in [0.1, 0.15) is 5.56 Å². The zero-order valence-electron chi connectivity index (χ0n) is 9.19. The highest BCUT2D eigenvalue weighted by Gasteiger charge is 2.15. The number of carboxylic acids is 1. The number of carboxylic acid groups (broad SMARTS) is 1. The maximum absolute atomic E-state index is 13.2. The van der Waals surface area contributed by atoms with Crippen molar-refractivity contribution < 1.29 is 28.6 Å². The number of aliphatic hydroxyl groups is 1. The van der Waals surface area contributed by atoms with Crippen molar-refractivity contribution in [1.29, 1.82) is 0 Å². The first-order chi connectivity index (χ1) is 8.40. The first-order valence-electron chi connectivity index (χ1n) is 5.01. The first kappa shape index (κ1) is 14.0. The molecular weight excluding hydrogens is 248 g/mol. The molecule has 0 spiro atoms. The lowest BCUT2D eigenvalue weighted by Crippen LogP contribution is -2.37. The van der Waals surface area contributed by atoms with E-state index in [0.717, 1.165) is 12.1 Å². The fourth-order valence-corrected chi connectivity index (χ4v) is 1.20. The Morgan fingerprint density at radius 3 is 2.56 bits per heavy atom. The van der Waals surface area contributed by atoms with Crippen molar-refractivity contribution in [3.8, 4) is 0 Å². The molecule has 1 aromatic carbocycles. The van der Waals surface area contributed by atoms with E-state index in [1.54, 1.807) is 0 Å².